The monoisotopic (exact) mass is 1300 g/mol. The number of nitrogens with zero attached hydrogens (tertiary/aromatic N) is 3. The summed E-state index contributed by atoms with van der Waals surface area (Å²) < 4.78 is 0. The summed E-state index contributed by atoms with van der Waals surface area (Å²) in [6.07, 6.45) is 10.2. The predicted octanol–water partition coefficient (Wildman–Crippen LogP) is 21.9. The van der Waals surface area contributed by atoms with E-state index in [-0.39, 0.29) is 20.1 Å². The Bertz CT molecular complexity index is 3620. The molecule has 0 atom stereocenters. The Morgan fingerprint density at radius 2 is 0.788 bits per heavy atom. The molecule has 85 heavy (non-hydrogen) atoms. The molecule has 0 amide bonds. The van der Waals surface area contributed by atoms with Gasteiger partial charge in [-0.3, -0.25) is 0 Å². The largest absolute Gasteiger partial charge is 3.00 e. The van der Waals surface area contributed by atoms with Crippen LogP contribution in [-0.4, -0.2) is 15.0 Å². The Morgan fingerprint density at radius 1 is 0.318 bits per heavy atom. The number of hydrogen-bond acceptors (Lipinski definition) is 3. The summed E-state index contributed by atoms with van der Waals surface area (Å²) in [6, 6.07) is 72.8. The maximum absolute atomic E-state index is 4.72. The summed E-state index contributed by atoms with van der Waals surface area (Å²) in [7, 11) is 0. The summed E-state index contributed by atoms with van der Waals surface area (Å²) in [6.45, 7) is 35.9. The Kier molecular flexibility index (Phi) is 21.6. The van der Waals surface area contributed by atoms with E-state index in [4.69, 9.17) is 4.98 Å². The van der Waals surface area contributed by atoms with E-state index in [1.54, 1.807) is 0 Å². The minimum Gasteiger partial charge on any atom is -0.304 e. The molecule has 0 saturated carbocycles. The fourth-order valence-corrected chi connectivity index (χ4v) is 10.7. The average molecular weight is 1300 g/mol. The van der Waals surface area contributed by atoms with Gasteiger partial charge in [-0.05, 0) is 152 Å². The molecule has 7 aromatic carbocycles. The van der Waals surface area contributed by atoms with Gasteiger partial charge >= 0.3 is 20.1 Å². The van der Waals surface area contributed by atoms with Crippen molar-refractivity contribution in [3.05, 3.63) is 257 Å². The average Bonchev–Trinajstić information content (AvgIpc) is 2.70. The molecule has 0 spiro atoms. The van der Waals surface area contributed by atoms with Crippen LogP contribution in [0.3, 0.4) is 0 Å². The van der Waals surface area contributed by atoms with Crippen LogP contribution in [0.2, 0.25) is 0 Å². The molecule has 0 aliphatic rings. The van der Waals surface area contributed by atoms with Crippen molar-refractivity contribution in [2.45, 2.75) is 136 Å². The maximum atomic E-state index is 4.72. The molecule has 0 saturated heterocycles. The van der Waals surface area contributed by atoms with Crippen LogP contribution >= 0.6 is 0 Å². The Hall–Kier alpha value is -7.36. The fourth-order valence-electron chi connectivity index (χ4n) is 10.7. The van der Waals surface area contributed by atoms with E-state index in [9.17, 15) is 0 Å². The van der Waals surface area contributed by atoms with E-state index in [2.05, 4.69) is 297 Å². The van der Waals surface area contributed by atoms with E-state index in [1.165, 1.54) is 83.5 Å². The summed E-state index contributed by atoms with van der Waals surface area (Å²) in [4.78, 5) is 13.9. The van der Waals surface area contributed by atoms with E-state index >= 15 is 0 Å². The van der Waals surface area contributed by atoms with Gasteiger partial charge < -0.3 is 15.0 Å². The Labute approximate surface area is 525 Å². The standard InChI is InChI=1S/C33H36N.2C24H26N.Ir/c1-32(2,3)21-24-7-11-26(12-8-24)27-15-17-29(18-16-27)31-20-19-30(23-34-31)28-13-9-25(10-14-28)22-33(4,5)6;1-17-6-13-23(25-16-17)21-10-7-18(2)22(14-21)20-11-8-19(9-12-20)15-24(3,4)5;1-17-13-19(15-24(3,4)5)11-12-21(17)22-14-23(25-16-18(22)2)20-9-7-6-8-10-20;/h7-17,19-20,23H,21-22H2,1-6H3;2*6-9,11-14,16H,15H2,1-5H3;/q3*-1;+3. The molecule has 0 N–H and O–H groups in total. The summed E-state index contributed by atoms with van der Waals surface area (Å²) in [5, 5.41) is 0. The predicted molar refractivity (Wildman–Crippen MR) is 359 cm³/mol. The molecule has 0 aliphatic heterocycles. The fraction of sp³-hybridized carbons (Fsp3) is 0.296. The van der Waals surface area contributed by atoms with E-state index in [1.807, 2.05) is 36.8 Å². The number of aromatic nitrogens is 3. The third-order valence-corrected chi connectivity index (χ3v) is 14.6. The van der Waals surface area contributed by atoms with Gasteiger partial charge in [-0.2, -0.15) is 0 Å². The number of hydrogen-bond donors (Lipinski definition) is 0. The third-order valence-electron chi connectivity index (χ3n) is 14.6. The summed E-state index contributed by atoms with van der Waals surface area (Å²) >= 11 is 0. The van der Waals surface area contributed by atoms with Gasteiger partial charge in [0.05, 0.1) is 0 Å². The van der Waals surface area contributed by atoms with Crippen molar-refractivity contribution in [2.24, 2.45) is 21.7 Å². The van der Waals surface area contributed by atoms with Gasteiger partial charge in [0.2, 0.25) is 0 Å². The molecule has 0 bridgehead atoms. The van der Waals surface area contributed by atoms with Gasteiger partial charge in [0, 0.05) is 18.6 Å². The summed E-state index contributed by atoms with van der Waals surface area (Å²) in [5.74, 6) is 0. The van der Waals surface area contributed by atoms with Crippen LogP contribution in [0.1, 0.15) is 128 Å². The SMILES string of the molecule is CC(C)(C)Cc1ccc(-c2c[c-]c(-c3ccc(-c4ccc(CC(C)(C)C)cc4)cn3)cc2)cc1.Cc1cc(CC(C)(C)C)ccc1-c1cc(-c2[c-]cccc2)ncc1C.Cc1ccc(-c2[c-]cc(C)c(-c3ccc(CC(C)(C)C)cc3)c2)nc1.[Ir+3]. The van der Waals surface area contributed by atoms with Crippen molar-refractivity contribution in [3.63, 3.8) is 0 Å². The van der Waals surface area contributed by atoms with Crippen LogP contribution in [0.5, 0.6) is 0 Å². The van der Waals surface area contributed by atoms with Crippen molar-refractivity contribution in [1.29, 1.82) is 0 Å². The molecule has 10 rings (SSSR count). The molecule has 3 nitrogen and oxygen atoms in total. The maximum Gasteiger partial charge on any atom is 3.00 e. The van der Waals surface area contributed by atoms with Crippen molar-refractivity contribution >= 4 is 0 Å². The van der Waals surface area contributed by atoms with Gasteiger partial charge in [-0.15, -0.1) is 95.1 Å². The summed E-state index contributed by atoms with van der Waals surface area (Å²) in [5.41, 5.74) is 27.4. The molecule has 10 aromatic rings. The number of aryl methyl sites for hydroxylation is 4. The van der Waals surface area contributed by atoms with Crippen LogP contribution in [0, 0.1) is 67.6 Å². The van der Waals surface area contributed by atoms with E-state index in [0.29, 0.717) is 21.7 Å². The van der Waals surface area contributed by atoms with Gasteiger partial charge in [0.15, 0.2) is 0 Å². The smallest absolute Gasteiger partial charge is 0.304 e. The molecular weight excluding hydrogens is 1210 g/mol. The normalized spacial score (nSPS) is 11.6. The molecule has 0 aliphatic carbocycles. The molecule has 3 heterocycles. The van der Waals surface area contributed by atoms with Crippen molar-refractivity contribution in [2.75, 3.05) is 0 Å². The molecule has 436 valence electrons. The zero-order chi connectivity index (χ0) is 60.4. The minimum absolute atomic E-state index is 0. The second-order valence-corrected chi connectivity index (χ2v) is 27.9. The van der Waals surface area contributed by atoms with E-state index in [0.717, 1.165) is 65.0 Å². The van der Waals surface area contributed by atoms with Crippen LogP contribution in [-0.2, 0) is 45.8 Å². The van der Waals surface area contributed by atoms with Gasteiger partial charge in [0.25, 0.3) is 0 Å². The minimum atomic E-state index is 0. The zero-order valence-corrected chi connectivity index (χ0v) is 55.9. The van der Waals surface area contributed by atoms with Gasteiger partial charge in [-0.25, -0.2) is 0 Å². The molecule has 0 unspecified atom stereocenters. The molecule has 0 fully saturated rings. The molecular formula is C81H88IrN3. The van der Waals surface area contributed by atoms with Crippen LogP contribution in [0.25, 0.3) is 78.3 Å². The third kappa shape index (κ3) is 19.6. The second kappa shape index (κ2) is 28.2. The molecule has 4 heteroatoms. The van der Waals surface area contributed by atoms with E-state index < -0.39 is 0 Å². The second-order valence-electron chi connectivity index (χ2n) is 27.9. The van der Waals surface area contributed by atoms with Crippen molar-refractivity contribution < 1.29 is 20.1 Å². The number of benzene rings is 7. The van der Waals surface area contributed by atoms with Crippen LogP contribution in [0.4, 0.5) is 0 Å². The first kappa shape index (κ1) is 65.2. The van der Waals surface area contributed by atoms with Gasteiger partial charge in [-0.1, -0.05) is 228 Å². The Morgan fingerprint density at radius 3 is 1.28 bits per heavy atom. The quantitative estimate of drug-likeness (QED) is 0.121. The molecule has 3 aromatic heterocycles. The van der Waals surface area contributed by atoms with Gasteiger partial charge in [0.1, 0.15) is 0 Å². The van der Waals surface area contributed by atoms with Crippen molar-refractivity contribution in [3.8, 4) is 78.3 Å². The number of rotatable bonds is 11. The topological polar surface area (TPSA) is 38.7 Å². The van der Waals surface area contributed by atoms with Crippen molar-refractivity contribution in [1.82, 2.24) is 15.0 Å². The Balaban J connectivity index is 0.000000185. The molecule has 0 radical (unpaired) electrons. The zero-order valence-electron chi connectivity index (χ0n) is 53.5. The van der Waals surface area contributed by atoms with Crippen LogP contribution < -0.4 is 0 Å². The first-order chi connectivity index (χ1) is 39.7. The van der Waals surface area contributed by atoms with Crippen LogP contribution in [0.15, 0.2) is 195 Å². The first-order valence-corrected chi connectivity index (χ1v) is 30.0. The number of pyridine rings is 3. The first-order valence-electron chi connectivity index (χ1n) is 30.0.